The zero-order valence-electron chi connectivity index (χ0n) is 15.2. The topological polar surface area (TPSA) is 96.5 Å². The van der Waals surface area contributed by atoms with Gasteiger partial charge in [-0.2, -0.15) is 0 Å². The van der Waals surface area contributed by atoms with Crippen molar-refractivity contribution in [3.05, 3.63) is 29.3 Å². The van der Waals surface area contributed by atoms with Gasteiger partial charge in [-0.1, -0.05) is 23.5 Å². The predicted octanol–water partition coefficient (Wildman–Crippen LogP) is 3.14. The number of nitrogens with one attached hydrogen (secondary N) is 2. The molecule has 9 heteroatoms. The quantitative estimate of drug-likeness (QED) is 0.791. The van der Waals surface area contributed by atoms with Crippen molar-refractivity contribution in [3.63, 3.8) is 0 Å². The zero-order valence-corrected chi connectivity index (χ0v) is 16.1. The van der Waals surface area contributed by atoms with Gasteiger partial charge in [-0.25, -0.2) is 4.79 Å². The summed E-state index contributed by atoms with van der Waals surface area (Å²) in [6, 6.07) is 6.76. The Morgan fingerprint density at radius 2 is 1.93 bits per heavy atom. The number of carbonyl (C=O) groups excluding carboxylic acids is 2. The third kappa shape index (κ3) is 5.40. The molecule has 1 aliphatic rings. The Labute approximate surface area is 161 Å². The minimum atomic E-state index is -0.438. The second-order valence-electron chi connectivity index (χ2n) is 6.13. The highest BCUT2D eigenvalue weighted by Gasteiger charge is 2.19. The van der Waals surface area contributed by atoms with Gasteiger partial charge in [-0.3, -0.25) is 10.1 Å². The Morgan fingerprint density at radius 3 is 2.70 bits per heavy atom. The normalized spacial score (nSPS) is 13.9. The van der Waals surface area contributed by atoms with Crippen LogP contribution in [0.2, 0.25) is 0 Å². The van der Waals surface area contributed by atoms with Crippen LogP contribution < -0.4 is 15.4 Å². The first-order valence-corrected chi connectivity index (χ1v) is 9.87. The van der Waals surface area contributed by atoms with E-state index in [1.807, 2.05) is 24.0 Å². The summed E-state index contributed by atoms with van der Waals surface area (Å²) in [5.74, 6) is 0.660. The summed E-state index contributed by atoms with van der Waals surface area (Å²) in [6.45, 7) is 4.00. The fraction of sp³-hybridized carbons (Fsp3) is 0.444. The predicted molar refractivity (Wildman–Crippen MR) is 104 cm³/mol. The first kappa shape index (κ1) is 19.1. The maximum absolute atomic E-state index is 12.3. The molecule has 8 nitrogen and oxygen atoms in total. The fourth-order valence-electron chi connectivity index (χ4n) is 2.86. The number of carbonyl (C=O) groups is 2. The van der Waals surface area contributed by atoms with Crippen LogP contribution >= 0.6 is 11.3 Å². The molecular weight excluding hydrogens is 366 g/mol. The first-order chi connectivity index (χ1) is 13.2. The number of likely N-dealkylation sites (tertiary alicyclic amines) is 1. The Bertz CT molecular complexity index is 789. The van der Waals surface area contributed by atoms with Gasteiger partial charge in [0, 0.05) is 13.1 Å². The van der Waals surface area contributed by atoms with Gasteiger partial charge in [0.05, 0.1) is 18.7 Å². The molecule has 2 N–H and O–H groups in total. The molecule has 2 aromatic rings. The number of nitrogens with zero attached hydrogens (tertiary/aromatic N) is 3. The van der Waals surface area contributed by atoms with Gasteiger partial charge in [0.1, 0.15) is 10.8 Å². The van der Waals surface area contributed by atoms with Crippen molar-refractivity contribution in [3.8, 4) is 5.75 Å². The lowest BCUT2D eigenvalue weighted by molar-refractivity contribution is -0.131. The number of hydrogen-bond donors (Lipinski definition) is 2. The molecule has 0 unspecified atom stereocenters. The van der Waals surface area contributed by atoms with Crippen LogP contribution in [0.5, 0.6) is 5.75 Å². The molecule has 1 saturated heterocycles. The summed E-state index contributed by atoms with van der Waals surface area (Å²) < 4.78 is 5.48. The van der Waals surface area contributed by atoms with Gasteiger partial charge >= 0.3 is 6.03 Å². The van der Waals surface area contributed by atoms with Crippen LogP contribution in [0.15, 0.2) is 24.3 Å². The maximum atomic E-state index is 12.3. The highest BCUT2D eigenvalue weighted by atomic mass is 32.1. The van der Waals surface area contributed by atoms with Crippen LogP contribution in [0.25, 0.3) is 0 Å². The molecule has 2 heterocycles. The number of aromatic nitrogens is 2. The van der Waals surface area contributed by atoms with Gasteiger partial charge in [0.2, 0.25) is 11.0 Å². The van der Waals surface area contributed by atoms with E-state index in [9.17, 15) is 9.59 Å². The van der Waals surface area contributed by atoms with Crippen molar-refractivity contribution in [1.82, 2.24) is 15.1 Å². The van der Waals surface area contributed by atoms with Gasteiger partial charge in [0.15, 0.2) is 0 Å². The molecule has 3 amide bonds. The van der Waals surface area contributed by atoms with Crippen LogP contribution in [0, 0.1) is 0 Å². The van der Waals surface area contributed by atoms with E-state index in [-0.39, 0.29) is 12.3 Å². The summed E-state index contributed by atoms with van der Waals surface area (Å²) in [5, 5.41) is 14.3. The number of hydrogen-bond acceptors (Lipinski definition) is 6. The zero-order chi connectivity index (χ0) is 19.1. The highest BCUT2D eigenvalue weighted by Crippen LogP contribution is 2.24. The Kier molecular flexibility index (Phi) is 6.59. The minimum absolute atomic E-state index is 0.0625. The van der Waals surface area contributed by atoms with Crippen LogP contribution in [-0.2, 0) is 11.2 Å². The van der Waals surface area contributed by atoms with Crippen molar-refractivity contribution < 1.29 is 14.3 Å². The van der Waals surface area contributed by atoms with Crippen molar-refractivity contribution in [1.29, 1.82) is 0 Å². The number of amides is 3. The number of rotatable bonds is 6. The molecule has 0 radical (unpaired) electrons. The van der Waals surface area contributed by atoms with Crippen LogP contribution in [0.1, 0.15) is 31.2 Å². The molecule has 0 atom stereocenters. The fourth-order valence-corrected chi connectivity index (χ4v) is 3.59. The molecule has 1 aromatic heterocycles. The van der Waals surface area contributed by atoms with Gasteiger partial charge in [-0.15, -0.1) is 10.2 Å². The van der Waals surface area contributed by atoms with E-state index < -0.39 is 6.03 Å². The molecular formula is C18H23N5O3S. The number of anilines is 2. The number of urea groups is 1. The van der Waals surface area contributed by atoms with Gasteiger partial charge in [-0.05, 0) is 38.3 Å². The monoisotopic (exact) mass is 389 g/mol. The Balaban J connectivity index is 1.54. The van der Waals surface area contributed by atoms with E-state index in [1.54, 1.807) is 12.1 Å². The standard InChI is InChI=1S/C18H23N5O3S/c1-2-26-14-9-5-4-8-13(14)19-17(25)20-18-22-21-15(27-18)12-16(24)23-10-6-3-7-11-23/h4-5,8-9H,2-3,6-7,10-12H2,1H3,(H2,19,20,22,25). The summed E-state index contributed by atoms with van der Waals surface area (Å²) in [4.78, 5) is 26.4. The highest BCUT2D eigenvalue weighted by molar-refractivity contribution is 7.15. The number of benzene rings is 1. The lowest BCUT2D eigenvalue weighted by Crippen LogP contribution is -2.36. The third-order valence-electron chi connectivity index (χ3n) is 4.13. The summed E-state index contributed by atoms with van der Waals surface area (Å²) in [6.07, 6.45) is 3.50. The third-order valence-corrected chi connectivity index (χ3v) is 4.97. The first-order valence-electron chi connectivity index (χ1n) is 9.05. The molecule has 0 saturated carbocycles. The summed E-state index contributed by atoms with van der Waals surface area (Å²) >= 11 is 1.21. The lowest BCUT2D eigenvalue weighted by atomic mass is 10.1. The van der Waals surface area contributed by atoms with Crippen molar-refractivity contribution in [2.45, 2.75) is 32.6 Å². The van der Waals surface area contributed by atoms with E-state index in [0.717, 1.165) is 25.9 Å². The van der Waals surface area contributed by atoms with Crippen molar-refractivity contribution >= 4 is 34.1 Å². The molecule has 1 fully saturated rings. The average Bonchev–Trinajstić information content (AvgIpc) is 3.11. The average molecular weight is 389 g/mol. The van der Waals surface area contributed by atoms with E-state index in [1.165, 1.54) is 17.8 Å². The van der Waals surface area contributed by atoms with Crippen molar-refractivity contribution in [2.75, 3.05) is 30.3 Å². The number of para-hydroxylation sites is 2. The summed E-state index contributed by atoms with van der Waals surface area (Å²) in [5.41, 5.74) is 0.571. The molecule has 144 valence electrons. The van der Waals surface area contributed by atoms with Gasteiger partial charge in [0.25, 0.3) is 0 Å². The molecule has 0 spiro atoms. The number of piperidine rings is 1. The number of ether oxygens (including phenoxy) is 1. The second-order valence-corrected chi connectivity index (χ2v) is 7.19. The van der Waals surface area contributed by atoms with Crippen LogP contribution in [0.3, 0.4) is 0 Å². The Morgan fingerprint density at radius 1 is 1.15 bits per heavy atom. The molecule has 27 heavy (non-hydrogen) atoms. The molecule has 0 aliphatic carbocycles. The largest absolute Gasteiger partial charge is 0.492 e. The van der Waals surface area contributed by atoms with Gasteiger partial charge < -0.3 is 15.0 Å². The molecule has 1 aromatic carbocycles. The van der Waals surface area contributed by atoms with Crippen molar-refractivity contribution in [2.24, 2.45) is 0 Å². The van der Waals surface area contributed by atoms with E-state index in [4.69, 9.17) is 4.74 Å². The lowest BCUT2D eigenvalue weighted by Gasteiger charge is -2.26. The minimum Gasteiger partial charge on any atom is -0.492 e. The van der Waals surface area contributed by atoms with E-state index in [0.29, 0.717) is 28.2 Å². The summed E-state index contributed by atoms with van der Waals surface area (Å²) in [7, 11) is 0. The maximum Gasteiger partial charge on any atom is 0.325 e. The second kappa shape index (κ2) is 9.31. The van der Waals surface area contributed by atoms with Crippen LogP contribution in [0.4, 0.5) is 15.6 Å². The van der Waals surface area contributed by atoms with Crippen LogP contribution in [-0.4, -0.2) is 46.7 Å². The Hall–Kier alpha value is -2.68. The molecule has 3 rings (SSSR count). The SMILES string of the molecule is CCOc1ccccc1NC(=O)Nc1nnc(CC(=O)N2CCCCC2)s1. The van der Waals surface area contributed by atoms with E-state index in [2.05, 4.69) is 20.8 Å². The molecule has 0 bridgehead atoms. The smallest absolute Gasteiger partial charge is 0.325 e. The molecule has 1 aliphatic heterocycles. The van der Waals surface area contributed by atoms with E-state index >= 15 is 0 Å².